The summed E-state index contributed by atoms with van der Waals surface area (Å²) in [6.45, 7) is 0. The molecule has 0 unspecified atom stereocenters. The Morgan fingerprint density at radius 2 is 1.83 bits per heavy atom. The molecule has 3 heteroatoms. The summed E-state index contributed by atoms with van der Waals surface area (Å²) in [5.74, 6) is 2.23. The number of rotatable bonds is 0. The van der Waals surface area contributed by atoms with E-state index in [1.807, 2.05) is 0 Å². The average Bonchev–Trinajstić information content (AvgIpc) is 1.86. The highest BCUT2D eigenvalue weighted by molar-refractivity contribution is 8.19. The van der Waals surface area contributed by atoms with Gasteiger partial charge in [0.25, 0.3) is 0 Å². The second-order valence-electron chi connectivity index (χ2n) is 1.05. The molecule has 1 rings (SSSR count). The number of aliphatic hydroxyl groups excluding tert-OH is 1. The van der Waals surface area contributed by atoms with Crippen molar-refractivity contribution in [3.63, 3.8) is 0 Å². The number of hydrogen-bond donors (Lipinski definition) is 1. The highest BCUT2D eigenvalue weighted by Crippen LogP contribution is 2.28. The third kappa shape index (κ3) is 1.06. The van der Waals surface area contributed by atoms with Crippen molar-refractivity contribution in [3.8, 4) is 0 Å². The molecule has 0 bridgehead atoms. The SMILES string of the molecule is OC1SCCS1. The van der Waals surface area contributed by atoms with E-state index in [1.54, 1.807) is 23.5 Å². The van der Waals surface area contributed by atoms with Crippen LogP contribution in [-0.2, 0) is 0 Å². The van der Waals surface area contributed by atoms with Gasteiger partial charge < -0.3 is 5.11 Å². The van der Waals surface area contributed by atoms with Crippen LogP contribution in [0.25, 0.3) is 0 Å². The zero-order valence-electron chi connectivity index (χ0n) is 3.26. The second-order valence-corrected chi connectivity index (χ2v) is 3.72. The molecule has 1 fully saturated rings. The minimum Gasteiger partial charge on any atom is -0.373 e. The summed E-state index contributed by atoms with van der Waals surface area (Å²) in [6, 6.07) is 0. The second kappa shape index (κ2) is 2.09. The summed E-state index contributed by atoms with van der Waals surface area (Å²) in [7, 11) is 0. The van der Waals surface area contributed by atoms with E-state index < -0.39 is 0 Å². The van der Waals surface area contributed by atoms with E-state index in [1.165, 1.54) is 0 Å². The van der Waals surface area contributed by atoms with Gasteiger partial charge in [-0.25, -0.2) is 0 Å². The van der Waals surface area contributed by atoms with Crippen LogP contribution in [0.1, 0.15) is 0 Å². The lowest BCUT2D eigenvalue weighted by molar-refractivity contribution is 0.347. The van der Waals surface area contributed by atoms with Crippen LogP contribution in [0.4, 0.5) is 0 Å². The van der Waals surface area contributed by atoms with Crippen molar-refractivity contribution in [1.82, 2.24) is 0 Å². The number of aliphatic hydroxyl groups is 1. The molecule has 1 aliphatic heterocycles. The van der Waals surface area contributed by atoms with Gasteiger partial charge in [-0.3, -0.25) is 0 Å². The van der Waals surface area contributed by atoms with Crippen LogP contribution in [-0.4, -0.2) is 21.4 Å². The van der Waals surface area contributed by atoms with Crippen molar-refractivity contribution in [3.05, 3.63) is 0 Å². The molecule has 0 atom stereocenters. The Labute approximate surface area is 45.5 Å². The van der Waals surface area contributed by atoms with E-state index >= 15 is 0 Å². The standard InChI is InChI=1S/C3H6OS2/c4-3-5-1-2-6-3/h3-4H,1-2H2. The fraction of sp³-hybridized carbons (Fsp3) is 1.00. The van der Waals surface area contributed by atoms with Gasteiger partial charge in [-0.15, -0.1) is 23.5 Å². The lowest BCUT2D eigenvalue weighted by Gasteiger charge is -1.90. The van der Waals surface area contributed by atoms with Crippen molar-refractivity contribution in [2.45, 2.75) is 4.77 Å². The maximum Gasteiger partial charge on any atom is 0.146 e. The fourth-order valence-corrected chi connectivity index (χ4v) is 2.48. The van der Waals surface area contributed by atoms with E-state index in [0.29, 0.717) is 0 Å². The topological polar surface area (TPSA) is 20.2 Å². The highest BCUT2D eigenvalue weighted by atomic mass is 32.2. The predicted molar refractivity (Wildman–Crippen MR) is 30.9 cm³/mol. The van der Waals surface area contributed by atoms with Crippen molar-refractivity contribution in [1.29, 1.82) is 0 Å². The molecule has 0 amide bonds. The van der Waals surface area contributed by atoms with Crippen molar-refractivity contribution in [2.75, 3.05) is 11.5 Å². The Morgan fingerprint density at radius 1 is 1.33 bits per heavy atom. The summed E-state index contributed by atoms with van der Waals surface area (Å²) < 4.78 is -0.120. The molecule has 1 heterocycles. The molecule has 0 radical (unpaired) electrons. The Hall–Kier alpha value is 0.660. The molecule has 0 saturated carbocycles. The molecule has 0 aromatic carbocycles. The van der Waals surface area contributed by atoms with Crippen LogP contribution in [0.2, 0.25) is 0 Å². The largest absolute Gasteiger partial charge is 0.373 e. The van der Waals surface area contributed by atoms with Crippen molar-refractivity contribution < 1.29 is 5.11 Å². The predicted octanol–water partition coefficient (Wildman–Crippen LogP) is 0.742. The lowest BCUT2D eigenvalue weighted by atomic mass is 11.0. The van der Waals surface area contributed by atoms with Gasteiger partial charge in [-0.05, 0) is 0 Å². The number of hydrogen-bond acceptors (Lipinski definition) is 3. The van der Waals surface area contributed by atoms with Gasteiger partial charge in [0, 0.05) is 11.5 Å². The van der Waals surface area contributed by atoms with Crippen LogP contribution in [0.5, 0.6) is 0 Å². The minimum atomic E-state index is -0.120. The molecule has 0 aromatic heterocycles. The first-order valence-corrected chi connectivity index (χ1v) is 3.90. The van der Waals surface area contributed by atoms with E-state index in [4.69, 9.17) is 5.11 Å². The quantitative estimate of drug-likeness (QED) is 0.512. The first-order chi connectivity index (χ1) is 2.89. The molecule has 1 saturated heterocycles. The van der Waals surface area contributed by atoms with Crippen molar-refractivity contribution in [2.24, 2.45) is 0 Å². The van der Waals surface area contributed by atoms with E-state index in [2.05, 4.69) is 0 Å². The van der Waals surface area contributed by atoms with Crippen LogP contribution < -0.4 is 0 Å². The van der Waals surface area contributed by atoms with E-state index in [9.17, 15) is 0 Å². The van der Waals surface area contributed by atoms with Gasteiger partial charge in [-0.2, -0.15) is 0 Å². The Morgan fingerprint density at radius 3 is 2.00 bits per heavy atom. The molecule has 1 nitrogen and oxygen atoms in total. The average molecular weight is 122 g/mol. The molecule has 1 aliphatic rings. The molecular weight excluding hydrogens is 116 g/mol. The normalized spacial score (nSPS) is 25.5. The van der Waals surface area contributed by atoms with Gasteiger partial charge in [-0.1, -0.05) is 0 Å². The molecular formula is C3H6OS2. The maximum absolute atomic E-state index is 8.66. The molecule has 0 spiro atoms. The zero-order chi connectivity index (χ0) is 4.41. The van der Waals surface area contributed by atoms with E-state index in [0.717, 1.165) is 11.5 Å². The van der Waals surface area contributed by atoms with Gasteiger partial charge in [0.05, 0.1) is 0 Å². The molecule has 36 valence electrons. The van der Waals surface area contributed by atoms with Crippen molar-refractivity contribution >= 4 is 23.5 Å². The first-order valence-electron chi connectivity index (χ1n) is 1.81. The van der Waals surface area contributed by atoms with Crippen LogP contribution in [0.3, 0.4) is 0 Å². The first kappa shape index (κ1) is 4.81. The smallest absolute Gasteiger partial charge is 0.146 e. The van der Waals surface area contributed by atoms with Crippen LogP contribution in [0.15, 0.2) is 0 Å². The zero-order valence-corrected chi connectivity index (χ0v) is 4.89. The molecule has 0 aromatic rings. The minimum absolute atomic E-state index is 0.120. The van der Waals surface area contributed by atoms with Gasteiger partial charge in [0.2, 0.25) is 0 Å². The summed E-state index contributed by atoms with van der Waals surface area (Å²) in [5, 5.41) is 8.66. The Kier molecular flexibility index (Phi) is 1.68. The van der Waals surface area contributed by atoms with Gasteiger partial charge >= 0.3 is 0 Å². The van der Waals surface area contributed by atoms with Crippen LogP contribution >= 0.6 is 23.5 Å². The molecule has 1 N–H and O–H groups in total. The van der Waals surface area contributed by atoms with Crippen LogP contribution in [0, 0.1) is 0 Å². The third-order valence-electron chi connectivity index (χ3n) is 0.604. The molecule has 6 heavy (non-hydrogen) atoms. The fourth-order valence-electron chi connectivity index (χ4n) is 0.346. The Balaban J connectivity index is 2.18. The number of thioether (sulfide) groups is 2. The summed E-state index contributed by atoms with van der Waals surface area (Å²) in [4.78, 5) is 0. The highest BCUT2D eigenvalue weighted by Gasteiger charge is 2.10. The summed E-state index contributed by atoms with van der Waals surface area (Å²) in [5.41, 5.74) is 0. The molecule has 0 aliphatic carbocycles. The maximum atomic E-state index is 8.66. The monoisotopic (exact) mass is 122 g/mol. The lowest BCUT2D eigenvalue weighted by Crippen LogP contribution is -1.82. The summed E-state index contributed by atoms with van der Waals surface area (Å²) in [6.07, 6.45) is 0. The summed E-state index contributed by atoms with van der Waals surface area (Å²) >= 11 is 3.23. The Bertz CT molecular complexity index is 42.1. The van der Waals surface area contributed by atoms with E-state index in [-0.39, 0.29) is 4.77 Å². The third-order valence-corrected chi connectivity index (χ3v) is 3.13. The van der Waals surface area contributed by atoms with Gasteiger partial charge in [0.15, 0.2) is 0 Å². The van der Waals surface area contributed by atoms with Gasteiger partial charge in [0.1, 0.15) is 4.77 Å².